The molecule has 2 aliphatic rings. The molecule has 2 aliphatic heterocycles. The van der Waals surface area contributed by atoms with Crippen LogP contribution in [0.4, 0.5) is 4.39 Å². The van der Waals surface area contributed by atoms with Gasteiger partial charge in [-0.15, -0.1) is 24.0 Å². The van der Waals surface area contributed by atoms with Crippen LogP contribution in [-0.2, 0) is 22.5 Å². The summed E-state index contributed by atoms with van der Waals surface area (Å²) in [5, 5.41) is 6.76. The molecule has 30 heavy (non-hydrogen) atoms. The summed E-state index contributed by atoms with van der Waals surface area (Å²) in [6.45, 7) is 9.58. The van der Waals surface area contributed by atoms with E-state index < -0.39 is 0 Å². The highest BCUT2D eigenvalue weighted by molar-refractivity contribution is 14.0. The van der Waals surface area contributed by atoms with Crippen molar-refractivity contribution in [2.45, 2.75) is 52.7 Å². The van der Waals surface area contributed by atoms with Gasteiger partial charge in [0.1, 0.15) is 11.6 Å². The zero-order chi connectivity index (χ0) is 20.9. The summed E-state index contributed by atoms with van der Waals surface area (Å²) in [7, 11) is 1.76. The molecular weight excluding hydrogens is 500 g/mol. The largest absolute Gasteiger partial charge is 0.467 e. The predicted octanol–water partition coefficient (Wildman–Crippen LogP) is 3.86. The summed E-state index contributed by atoms with van der Waals surface area (Å²) in [6, 6.07) is 3.01. The summed E-state index contributed by atoms with van der Waals surface area (Å²) in [4.78, 5) is 4.32. The maximum atomic E-state index is 13.9. The van der Waals surface area contributed by atoms with Gasteiger partial charge in [-0.05, 0) is 42.4 Å². The number of hydrogen-bond acceptors (Lipinski definition) is 4. The SMILES string of the molecule is CN=C(NCCc1cc(F)cc2c1OCOC2)NCC1CCCOC1C(C)(C)C.I. The van der Waals surface area contributed by atoms with E-state index in [1.165, 1.54) is 12.1 Å². The highest BCUT2D eigenvalue weighted by Gasteiger charge is 2.35. The van der Waals surface area contributed by atoms with Crippen LogP contribution in [0.1, 0.15) is 44.7 Å². The van der Waals surface area contributed by atoms with Gasteiger partial charge in [0.25, 0.3) is 0 Å². The molecule has 0 saturated carbocycles. The molecule has 0 bridgehead atoms. The fraction of sp³-hybridized carbons (Fsp3) is 0.682. The molecule has 2 unspecified atom stereocenters. The Morgan fingerprint density at radius 2 is 2.07 bits per heavy atom. The van der Waals surface area contributed by atoms with E-state index in [1.54, 1.807) is 7.05 Å². The van der Waals surface area contributed by atoms with Crippen molar-refractivity contribution in [1.29, 1.82) is 0 Å². The van der Waals surface area contributed by atoms with Crippen molar-refractivity contribution >= 4 is 29.9 Å². The number of nitrogens with one attached hydrogen (secondary N) is 2. The highest BCUT2D eigenvalue weighted by atomic mass is 127. The van der Waals surface area contributed by atoms with Crippen LogP contribution in [-0.4, -0.2) is 45.6 Å². The first kappa shape index (κ1) is 25.1. The maximum Gasteiger partial charge on any atom is 0.190 e. The third-order valence-corrected chi connectivity index (χ3v) is 5.49. The zero-order valence-corrected chi connectivity index (χ0v) is 20.8. The number of benzene rings is 1. The molecule has 1 aromatic rings. The van der Waals surface area contributed by atoms with E-state index in [0.29, 0.717) is 25.5 Å². The first-order valence-corrected chi connectivity index (χ1v) is 10.5. The molecule has 6 nitrogen and oxygen atoms in total. The Morgan fingerprint density at radius 3 is 2.80 bits per heavy atom. The van der Waals surface area contributed by atoms with Crippen molar-refractivity contribution in [2.75, 3.05) is 33.5 Å². The number of guanidine groups is 1. The Kier molecular flexibility index (Phi) is 9.62. The van der Waals surface area contributed by atoms with Gasteiger partial charge >= 0.3 is 0 Å². The fourth-order valence-electron chi connectivity index (χ4n) is 4.22. The molecule has 0 aromatic heterocycles. The van der Waals surface area contributed by atoms with E-state index in [0.717, 1.165) is 48.8 Å². The molecule has 2 heterocycles. The van der Waals surface area contributed by atoms with E-state index in [4.69, 9.17) is 14.2 Å². The van der Waals surface area contributed by atoms with Crippen LogP contribution in [0.15, 0.2) is 17.1 Å². The van der Waals surface area contributed by atoms with Gasteiger partial charge in [0.15, 0.2) is 12.8 Å². The highest BCUT2D eigenvalue weighted by Crippen LogP contribution is 2.33. The number of ether oxygens (including phenoxy) is 3. The van der Waals surface area contributed by atoms with E-state index in [9.17, 15) is 4.39 Å². The first-order valence-electron chi connectivity index (χ1n) is 10.5. The van der Waals surface area contributed by atoms with E-state index in [1.807, 2.05) is 0 Å². The quantitative estimate of drug-likeness (QED) is 0.341. The molecule has 1 fully saturated rings. The van der Waals surface area contributed by atoms with Crippen LogP contribution in [0.5, 0.6) is 5.75 Å². The van der Waals surface area contributed by atoms with Crippen molar-refractivity contribution in [3.8, 4) is 5.75 Å². The summed E-state index contributed by atoms with van der Waals surface area (Å²) in [5.41, 5.74) is 1.73. The van der Waals surface area contributed by atoms with E-state index >= 15 is 0 Å². The number of rotatable bonds is 5. The lowest BCUT2D eigenvalue weighted by molar-refractivity contribution is -0.0835. The Bertz CT molecular complexity index is 724. The summed E-state index contributed by atoms with van der Waals surface area (Å²) >= 11 is 0. The Labute approximate surface area is 196 Å². The number of aliphatic imine (C=N–C) groups is 1. The second kappa shape index (κ2) is 11.5. The van der Waals surface area contributed by atoms with Crippen LogP contribution < -0.4 is 15.4 Å². The average molecular weight is 535 g/mol. The molecule has 0 spiro atoms. The van der Waals surface area contributed by atoms with Crippen molar-refractivity contribution in [2.24, 2.45) is 16.3 Å². The molecule has 0 amide bonds. The predicted molar refractivity (Wildman–Crippen MR) is 127 cm³/mol. The normalized spacial score (nSPS) is 21.8. The Hall–Kier alpha value is -1.13. The molecule has 170 valence electrons. The van der Waals surface area contributed by atoms with Crippen LogP contribution in [0, 0.1) is 17.2 Å². The number of hydrogen-bond donors (Lipinski definition) is 2. The lowest BCUT2D eigenvalue weighted by Gasteiger charge is -2.40. The van der Waals surface area contributed by atoms with Crippen molar-refractivity contribution in [3.05, 3.63) is 29.1 Å². The third-order valence-electron chi connectivity index (χ3n) is 5.49. The Balaban J connectivity index is 0.00000320. The molecule has 2 atom stereocenters. The minimum absolute atomic E-state index is 0. The number of fused-ring (bicyclic) bond motifs is 1. The Morgan fingerprint density at radius 1 is 1.27 bits per heavy atom. The van der Waals surface area contributed by atoms with E-state index in [2.05, 4.69) is 36.4 Å². The first-order chi connectivity index (χ1) is 13.9. The van der Waals surface area contributed by atoms with Gasteiger partial charge in [0, 0.05) is 38.2 Å². The van der Waals surface area contributed by atoms with Crippen molar-refractivity contribution in [1.82, 2.24) is 10.6 Å². The van der Waals surface area contributed by atoms with Gasteiger partial charge in [0.2, 0.25) is 0 Å². The zero-order valence-electron chi connectivity index (χ0n) is 18.4. The lowest BCUT2D eigenvalue weighted by atomic mass is 9.78. The van der Waals surface area contributed by atoms with Gasteiger partial charge in [0.05, 0.1) is 12.7 Å². The molecule has 1 saturated heterocycles. The summed E-state index contributed by atoms with van der Waals surface area (Å²) in [6.07, 6.45) is 3.12. The van der Waals surface area contributed by atoms with Crippen LogP contribution in [0.25, 0.3) is 0 Å². The van der Waals surface area contributed by atoms with Gasteiger partial charge in [-0.2, -0.15) is 0 Å². The van der Waals surface area contributed by atoms with Crippen LogP contribution in [0.2, 0.25) is 0 Å². The fourth-order valence-corrected chi connectivity index (χ4v) is 4.22. The lowest BCUT2D eigenvalue weighted by Crippen LogP contribution is -2.47. The minimum Gasteiger partial charge on any atom is -0.467 e. The molecule has 0 aliphatic carbocycles. The summed E-state index contributed by atoms with van der Waals surface area (Å²) < 4.78 is 30.8. The maximum absolute atomic E-state index is 13.9. The monoisotopic (exact) mass is 535 g/mol. The second-order valence-corrected chi connectivity index (χ2v) is 8.85. The van der Waals surface area contributed by atoms with Gasteiger partial charge in [-0.25, -0.2) is 4.39 Å². The number of halogens is 2. The topological polar surface area (TPSA) is 64.1 Å². The standard InChI is InChI=1S/C22H34FN3O3.HI/c1-22(2,3)20-16(6-5-9-28-20)12-26-21(24-4)25-8-7-15-10-18(23)11-17-13-27-14-29-19(15)17;/h10-11,16,20H,5-9,12-14H2,1-4H3,(H2,24,25,26);1H. The summed E-state index contributed by atoms with van der Waals surface area (Å²) in [5.74, 6) is 1.68. The molecular formula is C22H35FIN3O3. The minimum atomic E-state index is -0.263. The second-order valence-electron chi connectivity index (χ2n) is 8.85. The molecule has 3 rings (SSSR count). The van der Waals surface area contributed by atoms with Gasteiger partial charge < -0.3 is 24.8 Å². The molecule has 8 heteroatoms. The van der Waals surface area contributed by atoms with Crippen molar-refractivity contribution in [3.63, 3.8) is 0 Å². The molecule has 0 radical (unpaired) electrons. The van der Waals surface area contributed by atoms with Crippen LogP contribution >= 0.6 is 24.0 Å². The average Bonchev–Trinajstić information content (AvgIpc) is 2.69. The smallest absolute Gasteiger partial charge is 0.190 e. The van der Waals surface area contributed by atoms with Crippen LogP contribution in [0.3, 0.4) is 0 Å². The third kappa shape index (κ3) is 6.68. The molecule has 2 N–H and O–H groups in total. The van der Waals surface area contributed by atoms with Gasteiger partial charge in [-0.1, -0.05) is 20.8 Å². The number of nitrogens with zero attached hydrogens (tertiary/aromatic N) is 1. The molecule has 1 aromatic carbocycles. The van der Waals surface area contributed by atoms with Gasteiger partial charge in [-0.3, -0.25) is 4.99 Å². The van der Waals surface area contributed by atoms with E-state index in [-0.39, 0.29) is 48.1 Å². The van der Waals surface area contributed by atoms with Crippen molar-refractivity contribution < 1.29 is 18.6 Å².